The summed E-state index contributed by atoms with van der Waals surface area (Å²) in [5.74, 6) is 2.28. The fourth-order valence-corrected chi connectivity index (χ4v) is 7.15. The van der Waals surface area contributed by atoms with Crippen molar-refractivity contribution >= 4 is 39.9 Å². The Morgan fingerprint density at radius 3 is 2.72 bits per heavy atom. The fourth-order valence-electron chi connectivity index (χ4n) is 7.15. The van der Waals surface area contributed by atoms with Gasteiger partial charge in [-0.15, -0.1) is 12.4 Å². The highest BCUT2D eigenvalue weighted by Crippen LogP contribution is 2.45. The van der Waals surface area contributed by atoms with E-state index in [0.29, 0.717) is 12.0 Å². The largest absolute Gasteiger partial charge is 0.497 e. The standard InChI is InChI=1S/C30H34N4O.ClH/c1-3-18-17-34-13-11-23-21-6-4-5-7-25(21)33-30(23)28(34)15-19(18)14-27-29-22(10-12-31-27)24-16-20(35-2)8-9-26(24)32-29;/h4-9,16,18-19,28,32-33H,3,10-15,17H2,1-2H3;1H. The number of ether oxygens (including phenoxy) is 1. The van der Waals surface area contributed by atoms with E-state index >= 15 is 0 Å². The number of H-pyrrole nitrogens is 2. The molecule has 0 amide bonds. The summed E-state index contributed by atoms with van der Waals surface area (Å²) < 4.78 is 5.51. The zero-order valence-electron chi connectivity index (χ0n) is 21.1. The lowest BCUT2D eigenvalue weighted by atomic mass is 9.74. The van der Waals surface area contributed by atoms with Crippen LogP contribution in [0.2, 0.25) is 0 Å². The molecule has 3 unspecified atom stereocenters. The van der Waals surface area contributed by atoms with Crippen LogP contribution in [0, 0.1) is 11.8 Å². The number of methoxy groups -OCH3 is 1. The second kappa shape index (κ2) is 9.28. The van der Waals surface area contributed by atoms with Gasteiger partial charge in [0.05, 0.1) is 24.6 Å². The highest BCUT2D eigenvalue weighted by Gasteiger charge is 2.40. The first kappa shape index (κ1) is 23.6. The van der Waals surface area contributed by atoms with Gasteiger partial charge in [-0.1, -0.05) is 31.5 Å². The molecule has 36 heavy (non-hydrogen) atoms. The topological polar surface area (TPSA) is 56.4 Å². The third-order valence-corrected chi connectivity index (χ3v) is 8.98. The van der Waals surface area contributed by atoms with Gasteiger partial charge >= 0.3 is 0 Å². The van der Waals surface area contributed by atoms with Crippen molar-refractivity contribution in [2.24, 2.45) is 16.8 Å². The SMILES string of the molecule is CCC1CN2CCc3c([nH]c4ccccc34)C2CC1CC1=NCCc2c1[nH]c1ccc(OC)cc21.Cl. The van der Waals surface area contributed by atoms with Crippen LogP contribution in [-0.4, -0.2) is 47.3 Å². The van der Waals surface area contributed by atoms with Gasteiger partial charge in [0.1, 0.15) is 5.75 Å². The number of para-hydroxylation sites is 1. The maximum absolute atomic E-state index is 5.51. The Labute approximate surface area is 218 Å². The lowest BCUT2D eigenvalue weighted by molar-refractivity contribution is 0.0532. The second-order valence-electron chi connectivity index (χ2n) is 10.7. The summed E-state index contributed by atoms with van der Waals surface area (Å²) in [6.45, 7) is 5.64. The number of benzene rings is 2. The maximum atomic E-state index is 5.51. The molecule has 1 fully saturated rings. The minimum Gasteiger partial charge on any atom is -0.497 e. The monoisotopic (exact) mass is 502 g/mol. The van der Waals surface area contributed by atoms with E-state index in [-0.39, 0.29) is 12.4 Å². The Hall–Kier alpha value is -2.76. The van der Waals surface area contributed by atoms with Crippen LogP contribution in [0.4, 0.5) is 0 Å². The van der Waals surface area contributed by atoms with Gasteiger partial charge in [-0.2, -0.15) is 0 Å². The van der Waals surface area contributed by atoms with Gasteiger partial charge in [0.2, 0.25) is 0 Å². The third-order valence-electron chi connectivity index (χ3n) is 8.98. The molecule has 7 rings (SSSR count). The predicted octanol–water partition coefficient (Wildman–Crippen LogP) is 6.46. The van der Waals surface area contributed by atoms with E-state index in [1.165, 1.54) is 70.4 Å². The molecule has 2 aromatic carbocycles. The number of piperidine rings is 1. The Kier molecular flexibility index (Phi) is 6.09. The van der Waals surface area contributed by atoms with Crippen molar-refractivity contribution in [1.29, 1.82) is 0 Å². The van der Waals surface area contributed by atoms with Gasteiger partial charge < -0.3 is 14.7 Å². The molecule has 3 aliphatic rings. The van der Waals surface area contributed by atoms with Crippen molar-refractivity contribution in [3.8, 4) is 5.75 Å². The van der Waals surface area contributed by atoms with Gasteiger partial charge in [0.15, 0.2) is 0 Å². The lowest BCUT2D eigenvalue weighted by Crippen LogP contribution is -2.46. The highest BCUT2D eigenvalue weighted by molar-refractivity contribution is 6.06. The molecule has 0 spiro atoms. The van der Waals surface area contributed by atoms with Gasteiger partial charge in [0.25, 0.3) is 0 Å². The summed E-state index contributed by atoms with van der Waals surface area (Å²) in [5.41, 5.74) is 9.49. The zero-order chi connectivity index (χ0) is 23.5. The number of halogens is 1. The van der Waals surface area contributed by atoms with Crippen LogP contribution in [0.5, 0.6) is 5.75 Å². The first-order valence-electron chi connectivity index (χ1n) is 13.3. The number of hydrogen-bond donors (Lipinski definition) is 2. The summed E-state index contributed by atoms with van der Waals surface area (Å²) in [7, 11) is 1.74. The van der Waals surface area contributed by atoms with Crippen LogP contribution in [0.1, 0.15) is 54.7 Å². The van der Waals surface area contributed by atoms with E-state index in [2.05, 4.69) is 58.2 Å². The van der Waals surface area contributed by atoms with Gasteiger partial charge in [-0.25, -0.2) is 0 Å². The molecule has 3 aliphatic heterocycles. The highest BCUT2D eigenvalue weighted by atomic mass is 35.5. The van der Waals surface area contributed by atoms with E-state index in [1.54, 1.807) is 12.7 Å². The Bertz CT molecular complexity index is 1450. The van der Waals surface area contributed by atoms with E-state index in [9.17, 15) is 0 Å². The Morgan fingerprint density at radius 2 is 1.86 bits per heavy atom. The minimum absolute atomic E-state index is 0. The average Bonchev–Trinajstić information content (AvgIpc) is 3.47. The fraction of sp³-hybridized carbons (Fsp3) is 0.433. The molecule has 188 valence electrons. The van der Waals surface area contributed by atoms with Crippen molar-refractivity contribution in [1.82, 2.24) is 14.9 Å². The van der Waals surface area contributed by atoms with Gasteiger partial charge in [-0.05, 0) is 72.9 Å². The molecule has 0 bridgehead atoms. The second-order valence-corrected chi connectivity index (χ2v) is 10.7. The Morgan fingerprint density at radius 1 is 1.00 bits per heavy atom. The van der Waals surface area contributed by atoms with Crippen LogP contribution >= 0.6 is 12.4 Å². The molecule has 0 saturated carbocycles. The molecule has 6 heteroatoms. The number of rotatable bonds is 4. The lowest BCUT2D eigenvalue weighted by Gasteiger charge is -2.46. The van der Waals surface area contributed by atoms with Crippen molar-refractivity contribution in [3.63, 3.8) is 0 Å². The molecule has 0 radical (unpaired) electrons. The van der Waals surface area contributed by atoms with Crippen molar-refractivity contribution < 1.29 is 4.74 Å². The summed E-state index contributed by atoms with van der Waals surface area (Å²) in [6, 6.07) is 15.7. The summed E-state index contributed by atoms with van der Waals surface area (Å²) >= 11 is 0. The molecular weight excluding hydrogens is 468 g/mol. The number of aromatic amines is 2. The molecule has 0 aliphatic carbocycles. The summed E-state index contributed by atoms with van der Waals surface area (Å²) in [5, 5.41) is 2.72. The number of aliphatic imine (C=N–C) groups is 1. The summed E-state index contributed by atoms with van der Waals surface area (Å²) in [6.07, 6.45) is 5.67. The van der Waals surface area contributed by atoms with E-state index in [1.807, 2.05) is 6.07 Å². The molecule has 3 atom stereocenters. The zero-order valence-corrected chi connectivity index (χ0v) is 22.0. The van der Waals surface area contributed by atoms with E-state index in [0.717, 1.165) is 37.5 Å². The molecule has 2 aromatic heterocycles. The van der Waals surface area contributed by atoms with Gasteiger partial charge in [-0.3, -0.25) is 9.89 Å². The summed E-state index contributed by atoms with van der Waals surface area (Å²) in [4.78, 5) is 15.4. The average molecular weight is 503 g/mol. The van der Waals surface area contributed by atoms with Crippen molar-refractivity contribution in [3.05, 3.63) is 65.0 Å². The molecule has 1 saturated heterocycles. The number of nitrogens with zero attached hydrogens (tertiary/aromatic N) is 2. The first-order valence-corrected chi connectivity index (χ1v) is 13.3. The van der Waals surface area contributed by atoms with Crippen molar-refractivity contribution in [2.45, 2.75) is 45.1 Å². The van der Waals surface area contributed by atoms with Crippen molar-refractivity contribution in [2.75, 3.05) is 26.7 Å². The Balaban J connectivity index is 0.00000240. The van der Waals surface area contributed by atoms with Crippen LogP contribution in [-0.2, 0) is 12.8 Å². The normalized spacial score (nSPS) is 23.5. The molecule has 2 N–H and O–H groups in total. The number of hydrogen-bond acceptors (Lipinski definition) is 3. The maximum Gasteiger partial charge on any atom is 0.119 e. The quantitative estimate of drug-likeness (QED) is 0.336. The number of aromatic nitrogens is 2. The van der Waals surface area contributed by atoms with E-state index in [4.69, 9.17) is 9.73 Å². The molecule has 5 heterocycles. The van der Waals surface area contributed by atoms with Crippen LogP contribution < -0.4 is 4.74 Å². The van der Waals surface area contributed by atoms with E-state index < -0.39 is 0 Å². The predicted molar refractivity (Wildman–Crippen MR) is 150 cm³/mol. The third kappa shape index (κ3) is 3.67. The van der Waals surface area contributed by atoms with Gasteiger partial charge in [0, 0.05) is 47.1 Å². The molecule has 5 nitrogen and oxygen atoms in total. The minimum atomic E-state index is 0. The molecule has 4 aromatic rings. The smallest absolute Gasteiger partial charge is 0.119 e. The number of fused-ring (bicyclic) bond motifs is 8. The van der Waals surface area contributed by atoms with Crippen LogP contribution in [0.15, 0.2) is 47.5 Å². The molecular formula is C30H35ClN4O. The van der Waals surface area contributed by atoms with Crippen LogP contribution in [0.3, 0.4) is 0 Å². The first-order chi connectivity index (χ1) is 17.2. The number of nitrogens with one attached hydrogen (secondary N) is 2. The van der Waals surface area contributed by atoms with Crippen LogP contribution in [0.25, 0.3) is 21.8 Å².